The van der Waals surface area contributed by atoms with Gasteiger partial charge in [0.25, 0.3) is 0 Å². The highest BCUT2D eigenvalue weighted by Gasteiger charge is 2.20. The van der Waals surface area contributed by atoms with E-state index >= 15 is 0 Å². The molecule has 1 heterocycles. The molecule has 0 unspecified atom stereocenters. The van der Waals surface area contributed by atoms with Crippen LogP contribution in [0.2, 0.25) is 0 Å². The fraction of sp³-hybridized carbons (Fsp3) is 0.400. The maximum atomic E-state index is 8.99. The second-order valence-electron chi connectivity index (χ2n) is 5.70. The van der Waals surface area contributed by atoms with E-state index in [1.54, 1.807) is 4.68 Å². The molecule has 1 aromatic carbocycles. The van der Waals surface area contributed by atoms with E-state index in [0.717, 1.165) is 11.3 Å². The highest BCUT2D eigenvalue weighted by molar-refractivity contribution is 5.67. The van der Waals surface area contributed by atoms with E-state index in [1.807, 2.05) is 18.2 Å². The Hall–Kier alpha value is -1.81. The quantitative estimate of drug-likeness (QED) is 0.889. The number of nitrogen functional groups attached to an aromatic ring is 1. The van der Waals surface area contributed by atoms with E-state index in [1.165, 1.54) is 5.56 Å². The number of anilines is 1. The molecule has 0 bridgehead atoms. The SMILES string of the molecule is CC(C)(C)c1ccccc1-c1cc(N)n(CCO)n1. The van der Waals surface area contributed by atoms with Crippen LogP contribution >= 0.6 is 0 Å². The highest BCUT2D eigenvalue weighted by Crippen LogP contribution is 2.32. The summed E-state index contributed by atoms with van der Waals surface area (Å²) in [5.41, 5.74) is 9.15. The van der Waals surface area contributed by atoms with Gasteiger partial charge in [0.1, 0.15) is 5.82 Å². The molecule has 0 amide bonds. The Kier molecular flexibility index (Phi) is 3.62. The smallest absolute Gasteiger partial charge is 0.122 e. The molecule has 0 saturated carbocycles. The molecular weight excluding hydrogens is 238 g/mol. The first-order valence-electron chi connectivity index (χ1n) is 6.47. The van der Waals surface area contributed by atoms with Gasteiger partial charge >= 0.3 is 0 Å². The lowest BCUT2D eigenvalue weighted by atomic mass is 9.83. The summed E-state index contributed by atoms with van der Waals surface area (Å²) in [5.74, 6) is 0.577. The van der Waals surface area contributed by atoms with Gasteiger partial charge in [-0.05, 0) is 11.0 Å². The molecule has 2 rings (SSSR count). The third-order valence-corrected chi connectivity index (χ3v) is 3.13. The van der Waals surface area contributed by atoms with Crippen LogP contribution in [0.15, 0.2) is 30.3 Å². The predicted octanol–water partition coefficient (Wildman–Crippen LogP) is 2.42. The number of aliphatic hydroxyl groups is 1. The Labute approximate surface area is 113 Å². The van der Waals surface area contributed by atoms with Crippen LogP contribution in [0.3, 0.4) is 0 Å². The van der Waals surface area contributed by atoms with Crippen LogP contribution in [0, 0.1) is 0 Å². The molecule has 0 atom stereocenters. The lowest BCUT2D eigenvalue weighted by molar-refractivity contribution is 0.270. The van der Waals surface area contributed by atoms with Gasteiger partial charge in [0, 0.05) is 11.6 Å². The monoisotopic (exact) mass is 259 g/mol. The van der Waals surface area contributed by atoms with E-state index in [4.69, 9.17) is 10.8 Å². The predicted molar refractivity (Wildman–Crippen MR) is 77.9 cm³/mol. The van der Waals surface area contributed by atoms with Gasteiger partial charge in [-0.1, -0.05) is 45.0 Å². The van der Waals surface area contributed by atoms with Gasteiger partial charge in [0.2, 0.25) is 0 Å². The van der Waals surface area contributed by atoms with Gasteiger partial charge < -0.3 is 10.8 Å². The number of hydrogen-bond donors (Lipinski definition) is 2. The number of rotatable bonds is 3. The first kappa shape index (κ1) is 13.6. The number of aliphatic hydroxyl groups excluding tert-OH is 1. The second kappa shape index (κ2) is 5.05. The van der Waals surface area contributed by atoms with E-state index in [0.29, 0.717) is 12.4 Å². The van der Waals surface area contributed by atoms with Crippen molar-refractivity contribution in [2.45, 2.75) is 32.7 Å². The molecule has 0 fully saturated rings. The number of benzene rings is 1. The van der Waals surface area contributed by atoms with E-state index in [9.17, 15) is 0 Å². The fourth-order valence-corrected chi connectivity index (χ4v) is 2.20. The summed E-state index contributed by atoms with van der Waals surface area (Å²) in [6.45, 7) is 7.00. The van der Waals surface area contributed by atoms with Crippen molar-refractivity contribution < 1.29 is 5.11 Å². The van der Waals surface area contributed by atoms with E-state index < -0.39 is 0 Å². The van der Waals surface area contributed by atoms with E-state index in [-0.39, 0.29) is 12.0 Å². The molecule has 102 valence electrons. The number of hydrogen-bond acceptors (Lipinski definition) is 3. The molecule has 19 heavy (non-hydrogen) atoms. The Morgan fingerprint density at radius 3 is 2.58 bits per heavy atom. The summed E-state index contributed by atoms with van der Waals surface area (Å²) >= 11 is 0. The average Bonchev–Trinajstić information content (AvgIpc) is 2.70. The highest BCUT2D eigenvalue weighted by atomic mass is 16.3. The Balaban J connectivity index is 2.50. The number of aromatic nitrogens is 2. The molecule has 4 nitrogen and oxygen atoms in total. The minimum Gasteiger partial charge on any atom is -0.394 e. The molecule has 4 heteroatoms. The summed E-state index contributed by atoms with van der Waals surface area (Å²) in [4.78, 5) is 0. The maximum absolute atomic E-state index is 8.99. The van der Waals surface area contributed by atoms with Crippen LogP contribution in [-0.2, 0) is 12.0 Å². The molecule has 1 aromatic heterocycles. The fourth-order valence-electron chi connectivity index (χ4n) is 2.20. The summed E-state index contributed by atoms with van der Waals surface area (Å²) in [5, 5.41) is 13.5. The lowest BCUT2D eigenvalue weighted by Crippen LogP contribution is -2.12. The van der Waals surface area contributed by atoms with Crippen molar-refractivity contribution in [3.05, 3.63) is 35.9 Å². The molecule has 2 aromatic rings. The van der Waals surface area contributed by atoms with Gasteiger partial charge in [0.15, 0.2) is 0 Å². The van der Waals surface area contributed by atoms with Gasteiger partial charge in [-0.3, -0.25) is 0 Å². The Morgan fingerprint density at radius 2 is 1.95 bits per heavy atom. The third kappa shape index (κ3) is 2.79. The zero-order chi connectivity index (χ0) is 14.0. The van der Waals surface area contributed by atoms with Crippen molar-refractivity contribution in [3.8, 4) is 11.3 Å². The first-order valence-corrected chi connectivity index (χ1v) is 6.47. The summed E-state index contributed by atoms with van der Waals surface area (Å²) in [6.07, 6.45) is 0. The van der Waals surface area contributed by atoms with Crippen LogP contribution in [0.5, 0.6) is 0 Å². The van der Waals surface area contributed by atoms with Crippen LogP contribution in [0.4, 0.5) is 5.82 Å². The summed E-state index contributed by atoms with van der Waals surface area (Å²) in [7, 11) is 0. The Bertz CT molecular complexity index is 567. The zero-order valence-corrected chi connectivity index (χ0v) is 11.7. The standard InChI is InChI=1S/C15H21N3O/c1-15(2,3)12-7-5-4-6-11(12)13-10-14(16)18(17-13)8-9-19/h4-7,10,19H,8-9,16H2,1-3H3. The van der Waals surface area contributed by atoms with Gasteiger partial charge in [-0.25, -0.2) is 4.68 Å². The molecule has 0 aliphatic rings. The van der Waals surface area contributed by atoms with Crippen molar-refractivity contribution >= 4 is 5.82 Å². The third-order valence-electron chi connectivity index (χ3n) is 3.13. The van der Waals surface area contributed by atoms with Crippen LogP contribution in [-0.4, -0.2) is 21.5 Å². The van der Waals surface area contributed by atoms with Gasteiger partial charge in [-0.15, -0.1) is 0 Å². The molecule has 3 N–H and O–H groups in total. The minimum atomic E-state index is 0.0340. The second-order valence-corrected chi connectivity index (χ2v) is 5.70. The van der Waals surface area contributed by atoms with Crippen molar-refractivity contribution in [3.63, 3.8) is 0 Å². The van der Waals surface area contributed by atoms with Crippen LogP contribution in [0.1, 0.15) is 26.3 Å². The van der Waals surface area contributed by atoms with E-state index in [2.05, 4.69) is 38.0 Å². The van der Waals surface area contributed by atoms with Gasteiger partial charge in [0.05, 0.1) is 18.8 Å². The number of nitrogens with zero attached hydrogens (tertiary/aromatic N) is 2. The summed E-state index contributed by atoms with van der Waals surface area (Å²) < 4.78 is 1.63. The van der Waals surface area contributed by atoms with Crippen molar-refractivity contribution in [1.29, 1.82) is 0 Å². The zero-order valence-electron chi connectivity index (χ0n) is 11.7. The van der Waals surface area contributed by atoms with Gasteiger partial charge in [-0.2, -0.15) is 5.10 Å². The van der Waals surface area contributed by atoms with Crippen molar-refractivity contribution in [1.82, 2.24) is 9.78 Å². The van der Waals surface area contributed by atoms with Crippen molar-refractivity contribution in [2.24, 2.45) is 0 Å². The summed E-state index contributed by atoms with van der Waals surface area (Å²) in [6, 6.07) is 10.1. The largest absolute Gasteiger partial charge is 0.394 e. The molecule has 0 spiro atoms. The molecular formula is C15H21N3O. The average molecular weight is 259 g/mol. The lowest BCUT2D eigenvalue weighted by Gasteiger charge is -2.22. The normalized spacial score (nSPS) is 11.8. The minimum absolute atomic E-state index is 0.0340. The van der Waals surface area contributed by atoms with Crippen molar-refractivity contribution in [2.75, 3.05) is 12.3 Å². The van der Waals surface area contributed by atoms with Crippen LogP contribution < -0.4 is 5.73 Å². The number of nitrogens with two attached hydrogens (primary N) is 1. The molecule has 0 saturated heterocycles. The maximum Gasteiger partial charge on any atom is 0.122 e. The molecule has 0 radical (unpaired) electrons. The topological polar surface area (TPSA) is 64.1 Å². The Morgan fingerprint density at radius 1 is 1.26 bits per heavy atom. The first-order chi connectivity index (χ1) is 8.93. The molecule has 0 aliphatic carbocycles. The molecule has 0 aliphatic heterocycles. The van der Waals surface area contributed by atoms with Crippen LogP contribution in [0.25, 0.3) is 11.3 Å².